The van der Waals surface area contributed by atoms with Gasteiger partial charge in [0.1, 0.15) is 0 Å². The quantitative estimate of drug-likeness (QED) is 0.719. The SMILES string of the molecule is CN(CC(=O)Nc1ccccc1Cl)C(=O)COC(=O)c1ccc(N(C)C)cc1. The zero-order valence-corrected chi connectivity index (χ0v) is 16.7. The number of hydrogen-bond donors (Lipinski definition) is 1. The van der Waals surface area contributed by atoms with Crippen molar-refractivity contribution in [3.05, 3.63) is 59.1 Å². The number of hydrogen-bond acceptors (Lipinski definition) is 5. The Labute approximate surface area is 168 Å². The standard InChI is InChI=1S/C20H22ClN3O4/c1-23(2)15-10-8-14(9-11-15)20(27)28-13-19(26)24(3)12-18(25)22-17-7-5-4-6-16(17)21/h4-11H,12-13H2,1-3H3,(H,22,25). The molecule has 1 N–H and O–H groups in total. The van der Waals surface area contributed by atoms with Crippen molar-refractivity contribution in [2.24, 2.45) is 0 Å². The van der Waals surface area contributed by atoms with Crippen LogP contribution in [-0.4, -0.2) is 57.0 Å². The number of carbonyl (C=O) groups is 3. The summed E-state index contributed by atoms with van der Waals surface area (Å²) in [7, 11) is 5.24. The third-order valence-corrected chi connectivity index (χ3v) is 4.23. The van der Waals surface area contributed by atoms with Crippen LogP contribution in [0.25, 0.3) is 0 Å². The number of esters is 1. The number of ether oxygens (including phenoxy) is 1. The van der Waals surface area contributed by atoms with Crippen molar-refractivity contribution in [1.29, 1.82) is 0 Å². The molecular formula is C20H22ClN3O4. The molecule has 0 saturated carbocycles. The van der Waals surface area contributed by atoms with Crippen LogP contribution in [-0.2, 0) is 14.3 Å². The number of amides is 2. The Bertz CT molecular complexity index is 853. The van der Waals surface area contributed by atoms with Crippen LogP contribution >= 0.6 is 11.6 Å². The largest absolute Gasteiger partial charge is 0.452 e. The molecule has 0 bridgehead atoms. The summed E-state index contributed by atoms with van der Waals surface area (Å²) >= 11 is 5.98. The Balaban J connectivity index is 1.82. The minimum absolute atomic E-state index is 0.195. The third kappa shape index (κ3) is 5.99. The molecule has 7 nitrogen and oxygen atoms in total. The maximum Gasteiger partial charge on any atom is 0.338 e. The molecule has 2 amide bonds. The van der Waals surface area contributed by atoms with Gasteiger partial charge in [-0.3, -0.25) is 9.59 Å². The van der Waals surface area contributed by atoms with Gasteiger partial charge in [0.25, 0.3) is 5.91 Å². The lowest BCUT2D eigenvalue weighted by Gasteiger charge is -2.17. The highest BCUT2D eigenvalue weighted by molar-refractivity contribution is 6.33. The Kier molecular flexibility index (Phi) is 7.40. The van der Waals surface area contributed by atoms with Gasteiger partial charge in [0.15, 0.2) is 6.61 Å². The number of likely N-dealkylation sites (N-methyl/N-ethyl adjacent to an activating group) is 1. The highest BCUT2D eigenvalue weighted by Crippen LogP contribution is 2.20. The van der Waals surface area contributed by atoms with Crippen molar-refractivity contribution in [3.63, 3.8) is 0 Å². The van der Waals surface area contributed by atoms with Gasteiger partial charge in [-0.1, -0.05) is 23.7 Å². The molecule has 0 fully saturated rings. The zero-order valence-electron chi connectivity index (χ0n) is 15.9. The van der Waals surface area contributed by atoms with Crippen LogP contribution in [0.15, 0.2) is 48.5 Å². The molecule has 0 saturated heterocycles. The predicted molar refractivity (Wildman–Crippen MR) is 109 cm³/mol. The predicted octanol–water partition coefficient (Wildman–Crippen LogP) is 2.66. The van der Waals surface area contributed by atoms with Gasteiger partial charge >= 0.3 is 5.97 Å². The van der Waals surface area contributed by atoms with Gasteiger partial charge < -0.3 is 19.9 Å². The number of nitrogens with one attached hydrogen (secondary N) is 1. The summed E-state index contributed by atoms with van der Waals surface area (Å²) in [5, 5.41) is 3.03. The third-order valence-electron chi connectivity index (χ3n) is 3.90. The van der Waals surface area contributed by atoms with Crippen molar-refractivity contribution < 1.29 is 19.1 Å². The molecule has 0 heterocycles. The average molecular weight is 404 g/mol. The Morgan fingerprint density at radius 3 is 2.25 bits per heavy atom. The lowest BCUT2D eigenvalue weighted by molar-refractivity contribution is -0.136. The smallest absolute Gasteiger partial charge is 0.338 e. The minimum atomic E-state index is -0.604. The molecule has 0 aliphatic rings. The van der Waals surface area contributed by atoms with Gasteiger partial charge in [0.2, 0.25) is 5.91 Å². The number of benzene rings is 2. The van der Waals surface area contributed by atoms with Crippen molar-refractivity contribution in [1.82, 2.24) is 4.90 Å². The number of para-hydroxylation sites is 1. The molecule has 0 atom stereocenters. The summed E-state index contributed by atoms with van der Waals surface area (Å²) in [6.45, 7) is -0.650. The van der Waals surface area contributed by atoms with Crippen molar-refractivity contribution in [3.8, 4) is 0 Å². The number of nitrogens with zero attached hydrogens (tertiary/aromatic N) is 2. The van der Waals surface area contributed by atoms with Gasteiger partial charge in [-0.15, -0.1) is 0 Å². The molecule has 2 rings (SSSR count). The van der Waals surface area contributed by atoms with Gasteiger partial charge in [-0.2, -0.15) is 0 Å². The summed E-state index contributed by atoms with van der Waals surface area (Å²) in [5.41, 5.74) is 1.75. The number of halogens is 1. The molecule has 2 aromatic rings. The topological polar surface area (TPSA) is 79.0 Å². The van der Waals surface area contributed by atoms with E-state index in [9.17, 15) is 14.4 Å². The Hall–Kier alpha value is -3.06. The molecule has 2 aromatic carbocycles. The first-order chi connectivity index (χ1) is 13.3. The van der Waals surface area contributed by atoms with Crippen molar-refractivity contribution >= 4 is 40.8 Å². The van der Waals surface area contributed by atoms with Gasteiger partial charge in [-0.05, 0) is 36.4 Å². The van der Waals surface area contributed by atoms with E-state index in [1.807, 2.05) is 19.0 Å². The normalized spacial score (nSPS) is 10.1. The van der Waals surface area contributed by atoms with E-state index in [1.165, 1.54) is 11.9 Å². The van der Waals surface area contributed by atoms with E-state index in [1.54, 1.807) is 48.5 Å². The van der Waals surface area contributed by atoms with Crippen LogP contribution in [0, 0.1) is 0 Å². The van der Waals surface area contributed by atoms with Crippen molar-refractivity contribution in [2.45, 2.75) is 0 Å². The Morgan fingerprint density at radius 2 is 1.64 bits per heavy atom. The first-order valence-corrected chi connectivity index (χ1v) is 8.88. The highest BCUT2D eigenvalue weighted by atomic mass is 35.5. The van der Waals surface area contributed by atoms with E-state index in [4.69, 9.17) is 16.3 Å². The van der Waals surface area contributed by atoms with E-state index in [0.717, 1.165) is 5.69 Å². The summed E-state index contributed by atoms with van der Waals surface area (Å²) < 4.78 is 5.03. The maximum atomic E-state index is 12.1. The second kappa shape index (κ2) is 9.75. The molecule has 0 aliphatic carbocycles. The molecular weight excluding hydrogens is 382 g/mol. The second-order valence-electron chi connectivity index (χ2n) is 6.30. The van der Waals surface area contributed by atoms with Gasteiger partial charge in [0, 0.05) is 26.8 Å². The monoisotopic (exact) mass is 403 g/mol. The van der Waals surface area contributed by atoms with Gasteiger partial charge in [0.05, 0.1) is 22.8 Å². The van der Waals surface area contributed by atoms with E-state index < -0.39 is 24.4 Å². The average Bonchev–Trinajstić information content (AvgIpc) is 2.67. The van der Waals surface area contributed by atoms with Crippen LogP contribution in [0.2, 0.25) is 5.02 Å². The zero-order chi connectivity index (χ0) is 20.7. The molecule has 8 heteroatoms. The fraction of sp³-hybridized carbons (Fsp3) is 0.250. The maximum absolute atomic E-state index is 12.1. The lowest BCUT2D eigenvalue weighted by atomic mass is 10.2. The first kappa shape index (κ1) is 21.2. The molecule has 0 radical (unpaired) electrons. The van der Waals surface area contributed by atoms with Crippen LogP contribution < -0.4 is 10.2 Å². The van der Waals surface area contributed by atoms with Gasteiger partial charge in [-0.25, -0.2) is 4.79 Å². The van der Waals surface area contributed by atoms with E-state index in [-0.39, 0.29) is 6.54 Å². The first-order valence-electron chi connectivity index (χ1n) is 8.51. The Morgan fingerprint density at radius 1 is 1.00 bits per heavy atom. The molecule has 28 heavy (non-hydrogen) atoms. The fourth-order valence-corrected chi connectivity index (χ4v) is 2.46. The number of carbonyl (C=O) groups excluding carboxylic acids is 3. The molecule has 148 valence electrons. The van der Waals surface area contributed by atoms with Crippen LogP contribution in [0.1, 0.15) is 10.4 Å². The number of rotatable bonds is 7. The van der Waals surface area contributed by atoms with Crippen molar-refractivity contribution in [2.75, 3.05) is 44.5 Å². The second-order valence-corrected chi connectivity index (χ2v) is 6.70. The molecule has 0 aliphatic heterocycles. The fourth-order valence-electron chi connectivity index (χ4n) is 2.27. The van der Waals surface area contributed by atoms with Crippen LogP contribution in [0.5, 0.6) is 0 Å². The summed E-state index contributed by atoms with van der Waals surface area (Å²) in [4.78, 5) is 39.3. The summed E-state index contributed by atoms with van der Waals surface area (Å²) in [6, 6.07) is 13.6. The van der Waals surface area contributed by atoms with E-state index in [0.29, 0.717) is 16.3 Å². The lowest BCUT2D eigenvalue weighted by Crippen LogP contribution is -2.37. The molecule has 0 unspecified atom stereocenters. The minimum Gasteiger partial charge on any atom is -0.452 e. The van der Waals surface area contributed by atoms with Crippen LogP contribution in [0.3, 0.4) is 0 Å². The molecule has 0 aromatic heterocycles. The summed E-state index contributed by atoms with van der Waals surface area (Å²) in [5.74, 6) is -1.50. The number of anilines is 2. The van der Waals surface area contributed by atoms with Crippen LogP contribution in [0.4, 0.5) is 11.4 Å². The molecule has 0 spiro atoms. The van der Waals surface area contributed by atoms with E-state index >= 15 is 0 Å². The summed E-state index contributed by atoms with van der Waals surface area (Å²) in [6.07, 6.45) is 0. The highest BCUT2D eigenvalue weighted by Gasteiger charge is 2.16. The van der Waals surface area contributed by atoms with E-state index in [2.05, 4.69) is 5.32 Å².